The Hall–Kier alpha value is -0.530. The van der Waals surface area contributed by atoms with Gasteiger partial charge in [0.15, 0.2) is 0 Å². The molecule has 0 bridgehead atoms. The highest BCUT2D eigenvalue weighted by molar-refractivity contribution is 5.79. The first-order valence-corrected chi connectivity index (χ1v) is 5.65. The molecule has 0 saturated heterocycles. The first-order valence-electron chi connectivity index (χ1n) is 5.65. The first-order chi connectivity index (χ1) is 6.34. The number of carbonyl (C=O) groups is 1. The van der Waals surface area contributed by atoms with E-state index in [-0.39, 0.29) is 0 Å². The fraction of sp³-hybridized carbons (Fsp3) is 0.909. The van der Waals surface area contributed by atoms with Crippen molar-refractivity contribution >= 4 is 5.91 Å². The lowest BCUT2D eigenvalue weighted by Gasteiger charge is -2.26. The molecule has 3 rings (SSSR count). The van der Waals surface area contributed by atoms with E-state index in [2.05, 4.69) is 5.32 Å². The van der Waals surface area contributed by atoms with Gasteiger partial charge in [-0.3, -0.25) is 4.79 Å². The highest BCUT2D eigenvalue weighted by atomic mass is 16.2. The van der Waals surface area contributed by atoms with Crippen LogP contribution in [0.1, 0.15) is 38.5 Å². The van der Waals surface area contributed by atoms with E-state index in [9.17, 15) is 4.79 Å². The van der Waals surface area contributed by atoms with Gasteiger partial charge in [-0.05, 0) is 43.9 Å². The van der Waals surface area contributed by atoms with E-state index in [0.717, 1.165) is 24.7 Å². The van der Waals surface area contributed by atoms with E-state index in [1.54, 1.807) is 0 Å². The van der Waals surface area contributed by atoms with Crippen molar-refractivity contribution in [2.75, 3.05) is 0 Å². The number of hydrogen-bond acceptors (Lipinski definition) is 1. The molecule has 72 valence electrons. The maximum Gasteiger partial charge on any atom is 0.223 e. The maximum atomic E-state index is 11.6. The van der Waals surface area contributed by atoms with E-state index < -0.39 is 0 Å². The molecule has 1 N–H and O–H groups in total. The summed E-state index contributed by atoms with van der Waals surface area (Å²) in [6.07, 6.45) is 7.51. The van der Waals surface area contributed by atoms with Gasteiger partial charge in [0, 0.05) is 12.0 Å². The maximum absolute atomic E-state index is 11.6. The monoisotopic (exact) mass is 179 g/mol. The SMILES string of the molecule is O=C(NC1CCC2CC21)C1CCC1. The van der Waals surface area contributed by atoms with Gasteiger partial charge >= 0.3 is 0 Å². The van der Waals surface area contributed by atoms with Gasteiger partial charge in [-0.15, -0.1) is 0 Å². The molecule has 3 atom stereocenters. The summed E-state index contributed by atoms with van der Waals surface area (Å²) in [5.74, 6) is 2.57. The molecule has 0 radical (unpaired) electrons. The van der Waals surface area contributed by atoms with Gasteiger partial charge in [-0.1, -0.05) is 6.42 Å². The van der Waals surface area contributed by atoms with Crippen LogP contribution in [0.25, 0.3) is 0 Å². The van der Waals surface area contributed by atoms with Crippen LogP contribution < -0.4 is 5.32 Å². The lowest BCUT2D eigenvalue weighted by Crippen LogP contribution is -2.41. The number of fused-ring (bicyclic) bond motifs is 1. The van der Waals surface area contributed by atoms with E-state index in [1.165, 1.54) is 25.7 Å². The second-order valence-electron chi connectivity index (χ2n) is 4.98. The third-order valence-corrected chi connectivity index (χ3v) is 4.15. The van der Waals surface area contributed by atoms with Crippen LogP contribution in [0.5, 0.6) is 0 Å². The van der Waals surface area contributed by atoms with Crippen LogP contribution in [-0.4, -0.2) is 11.9 Å². The van der Waals surface area contributed by atoms with Crippen molar-refractivity contribution in [3.8, 4) is 0 Å². The molecular formula is C11H17NO. The number of nitrogens with one attached hydrogen (secondary N) is 1. The van der Waals surface area contributed by atoms with Crippen molar-refractivity contribution in [1.82, 2.24) is 5.32 Å². The summed E-state index contributed by atoms with van der Waals surface area (Å²) in [6, 6.07) is 0.554. The van der Waals surface area contributed by atoms with E-state index in [4.69, 9.17) is 0 Å². The van der Waals surface area contributed by atoms with Crippen LogP contribution in [0.2, 0.25) is 0 Å². The zero-order valence-corrected chi connectivity index (χ0v) is 7.96. The van der Waals surface area contributed by atoms with Gasteiger partial charge in [0.25, 0.3) is 0 Å². The minimum Gasteiger partial charge on any atom is -0.353 e. The molecule has 0 spiro atoms. The fourth-order valence-electron chi connectivity index (χ4n) is 2.85. The summed E-state index contributed by atoms with van der Waals surface area (Å²) < 4.78 is 0. The largest absolute Gasteiger partial charge is 0.353 e. The van der Waals surface area contributed by atoms with E-state index in [1.807, 2.05) is 0 Å². The lowest BCUT2D eigenvalue weighted by molar-refractivity contribution is -0.128. The van der Waals surface area contributed by atoms with Crippen LogP contribution >= 0.6 is 0 Å². The quantitative estimate of drug-likeness (QED) is 0.687. The molecule has 0 aromatic rings. The number of rotatable bonds is 2. The number of amides is 1. The van der Waals surface area contributed by atoms with Crippen LogP contribution in [0, 0.1) is 17.8 Å². The summed E-state index contributed by atoms with van der Waals surface area (Å²) >= 11 is 0. The molecule has 2 heteroatoms. The second kappa shape index (κ2) is 2.73. The van der Waals surface area contributed by atoms with Crippen molar-refractivity contribution in [3.05, 3.63) is 0 Å². The molecule has 13 heavy (non-hydrogen) atoms. The fourth-order valence-corrected chi connectivity index (χ4v) is 2.85. The van der Waals surface area contributed by atoms with E-state index in [0.29, 0.717) is 17.9 Å². The van der Waals surface area contributed by atoms with Crippen LogP contribution in [0.15, 0.2) is 0 Å². The Kier molecular flexibility index (Phi) is 1.64. The first kappa shape index (κ1) is 7.84. The summed E-state index contributed by atoms with van der Waals surface area (Å²) in [7, 11) is 0. The van der Waals surface area contributed by atoms with Gasteiger partial charge in [-0.25, -0.2) is 0 Å². The van der Waals surface area contributed by atoms with Gasteiger partial charge in [-0.2, -0.15) is 0 Å². The predicted molar refractivity (Wildman–Crippen MR) is 50.1 cm³/mol. The van der Waals surface area contributed by atoms with Crippen molar-refractivity contribution in [2.24, 2.45) is 17.8 Å². The topological polar surface area (TPSA) is 29.1 Å². The minimum absolute atomic E-state index is 0.351. The molecule has 3 aliphatic carbocycles. The highest BCUT2D eigenvalue weighted by Gasteiger charge is 2.48. The Labute approximate surface area is 79.1 Å². The predicted octanol–water partition coefficient (Wildman–Crippen LogP) is 1.70. The molecule has 0 aliphatic heterocycles. The molecule has 3 aliphatic rings. The normalized spacial score (nSPS) is 42.3. The Morgan fingerprint density at radius 2 is 2.00 bits per heavy atom. The smallest absolute Gasteiger partial charge is 0.223 e. The molecule has 0 aromatic heterocycles. The Morgan fingerprint density at radius 3 is 2.46 bits per heavy atom. The molecule has 0 heterocycles. The van der Waals surface area contributed by atoms with Crippen LogP contribution in [0.3, 0.4) is 0 Å². The zero-order chi connectivity index (χ0) is 8.84. The molecule has 0 aromatic carbocycles. The van der Waals surface area contributed by atoms with Gasteiger partial charge in [0.1, 0.15) is 0 Å². The molecular weight excluding hydrogens is 162 g/mol. The third-order valence-electron chi connectivity index (χ3n) is 4.15. The molecule has 3 unspecified atom stereocenters. The Morgan fingerprint density at radius 1 is 1.15 bits per heavy atom. The molecule has 1 amide bonds. The summed E-state index contributed by atoms with van der Waals surface area (Å²) in [6.45, 7) is 0. The Balaban J connectivity index is 1.53. The standard InChI is InChI=1S/C11H17NO/c13-11(7-2-1-3-7)12-10-5-4-8-6-9(8)10/h7-10H,1-6H2,(H,12,13). The lowest BCUT2D eigenvalue weighted by atomic mass is 9.84. The molecule has 2 nitrogen and oxygen atoms in total. The summed E-state index contributed by atoms with van der Waals surface area (Å²) in [4.78, 5) is 11.6. The van der Waals surface area contributed by atoms with Crippen LogP contribution in [-0.2, 0) is 4.79 Å². The average Bonchev–Trinajstić information content (AvgIpc) is 2.66. The number of hydrogen-bond donors (Lipinski definition) is 1. The van der Waals surface area contributed by atoms with Crippen molar-refractivity contribution < 1.29 is 4.79 Å². The van der Waals surface area contributed by atoms with E-state index >= 15 is 0 Å². The van der Waals surface area contributed by atoms with Gasteiger partial charge < -0.3 is 5.32 Å². The van der Waals surface area contributed by atoms with Gasteiger partial charge in [0.2, 0.25) is 5.91 Å². The van der Waals surface area contributed by atoms with Crippen molar-refractivity contribution in [3.63, 3.8) is 0 Å². The minimum atomic E-state index is 0.351. The summed E-state index contributed by atoms with van der Waals surface area (Å²) in [5.41, 5.74) is 0. The number of carbonyl (C=O) groups excluding carboxylic acids is 1. The third kappa shape index (κ3) is 1.27. The molecule has 3 saturated carbocycles. The summed E-state index contributed by atoms with van der Waals surface area (Å²) in [5, 5.41) is 3.23. The Bertz CT molecular complexity index is 234. The van der Waals surface area contributed by atoms with Crippen molar-refractivity contribution in [1.29, 1.82) is 0 Å². The zero-order valence-electron chi connectivity index (χ0n) is 7.96. The second-order valence-corrected chi connectivity index (χ2v) is 4.98. The van der Waals surface area contributed by atoms with Crippen LogP contribution in [0.4, 0.5) is 0 Å². The highest BCUT2D eigenvalue weighted by Crippen LogP contribution is 2.51. The van der Waals surface area contributed by atoms with Crippen molar-refractivity contribution in [2.45, 2.75) is 44.6 Å². The average molecular weight is 179 g/mol. The van der Waals surface area contributed by atoms with Gasteiger partial charge in [0.05, 0.1) is 0 Å². The molecule has 3 fully saturated rings.